The molecule has 1 N–H and O–H groups in total. The van der Waals surface area contributed by atoms with Crippen LogP contribution in [0.3, 0.4) is 0 Å². The molecule has 3 rings (SSSR count). The highest BCUT2D eigenvalue weighted by Crippen LogP contribution is 2.31. The number of carbonyl (C=O) groups is 2. The van der Waals surface area contributed by atoms with Crippen molar-refractivity contribution in [3.63, 3.8) is 0 Å². The lowest BCUT2D eigenvalue weighted by molar-refractivity contribution is -0.117. The van der Waals surface area contributed by atoms with Gasteiger partial charge in [0.2, 0.25) is 6.41 Å². The van der Waals surface area contributed by atoms with Crippen molar-refractivity contribution in [3.8, 4) is 16.9 Å². The van der Waals surface area contributed by atoms with Crippen LogP contribution >= 0.6 is 0 Å². The number of anilines is 1. The second kappa shape index (κ2) is 7.35. The zero-order valence-corrected chi connectivity index (χ0v) is 14.0. The topological polar surface area (TPSA) is 58.6 Å². The van der Waals surface area contributed by atoms with Crippen LogP contribution < -0.4 is 15.0 Å². The number of rotatable bonds is 5. The molecule has 2 aromatic rings. The first-order valence-electron chi connectivity index (χ1n) is 7.91. The number of hydrogen-bond acceptors (Lipinski definition) is 3. The molecular formula is C19H16F2N2O3. The molecule has 0 bridgehead atoms. The Labute approximate surface area is 148 Å². The summed E-state index contributed by atoms with van der Waals surface area (Å²) in [6.45, 7) is 0.452. The van der Waals surface area contributed by atoms with E-state index in [4.69, 9.17) is 4.74 Å². The number of nitrogens with zero attached hydrogens (tertiary/aromatic N) is 1. The Hall–Kier alpha value is -3.22. The predicted octanol–water partition coefficient (Wildman–Crippen LogP) is 3.01. The number of nitrogens with one attached hydrogen (secondary N) is 1. The average molecular weight is 358 g/mol. The SMILES string of the molecule is COc1cc(F)c(-c2ccc(N3CCC=C(NC=O)C3=O)cc2)c(F)c1. The first kappa shape index (κ1) is 17.6. The zero-order chi connectivity index (χ0) is 18.7. The summed E-state index contributed by atoms with van der Waals surface area (Å²) in [5.74, 6) is -1.70. The number of methoxy groups -OCH3 is 1. The van der Waals surface area contributed by atoms with Crippen LogP contribution in [-0.4, -0.2) is 26.0 Å². The maximum atomic E-state index is 14.2. The van der Waals surface area contributed by atoms with Crippen molar-refractivity contribution in [2.45, 2.75) is 6.42 Å². The van der Waals surface area contributed by atoms with Crippen LogP contribution in [-0.2, 0) is 9.59 Å². The minimum Gasteiger partial charge on any atom is -0.497 e. The molecular weight excluding hydrogens is 342 g/mol. The Morgan fingerprint density at radius 3 is 2.38 bits per heavy atom. The molecule has 0 atom stereocenters. The van der Waals surface area contributed by atoms with Crippen molar-refractivity contribution in [2.75, 3.05) is 18.6 Å². The molecule has 2 amide bonds. The summed E-state index contributed by atoms with van der Waals surface area (Å²) < 4.78 is 33.3. The van der Waals surface area contributed by atoms with Gasteiger partial charge in [0.05, 0.1) is 12.7 Å². The number of halogens is 2. The fourth-order valence-corrected chi connectivity index (χ4v) is 2.85. The fraction of sp³-hybridized carbons (Fsp3) is 0.158. The van der Waals surface area contributed by atoms with Crippen molar-refractivity contribution >= 4 is 18.0 Å². The monoisotopic (exact) mass is 358 g/mol. The Kier molecular flexibility index (Phi) is 4.97. The molecule has 5 nitrogen and oxygen atoms in total. The highest BCUT2D eigenvalue weighted by atomic mass is 19.1. The van der Waals surface area contributed by atoms with E-state index in [1.807, 2.05) is 0 Å². The van der Waals surface area contributed by atoms with Gasteiger partial charge in [0, 0.05) is 24.4 Å². The molecule has 0 aliphatic carbocycles. The molecule has 0 saturated heterocycles. The number of carbonyl (C=O) groups excluding carboxylic acids is 2. The average Bonchev–Trinajstić information content (AvgIpc) is 2.63. The van der Waals surface area contributed by atoms with Crippen LogP contribution in [0.2, 0.25) is 0 Å². The van der Waals surface area contributed by atoms with Crippen LogP contribution in [0, 0.1) is 11.6 Å². The molecule has 2 aromatic carbocycles. The van der Waals surface area contributed by atoms with Crippen LogP contribution in [0.4, 0.5) is 14.5 Å². The first-order chi connectivity index (χ1) is 12.5. The molecule has 0 unspecified atom stereocenters. The normalized spacial score (nSPS) is 14.0. The number of hydrogen-bond donors (Lipinski definition) is 1. The van der Waals surface area contributed by atoms with Crippen molar-refractivity contribution < 1.29 is 23.1 Å². The van der Waals surface area contributed by atoms with E-state index in [-0.39, 0.29) is 22.9 Å². The number of ether oxygens (including phenoxy) is 1. The van der Waals surface area contributed by atoms with Gasteiger partial charge in [-0.05, 0) is 24.1 Å². The van der Waals surface area contributed by atoms with Gasteiger partial charge in [-0.1, -0.05) is 18.2 Å². The summed E-state index contributed by atoms with van der Waals surface area (Å²) in [6, 6.07) is 8.54. The maximum Gasteiger partial charge on any atom is 0.274 e. The van der Waals surface area contributed by atoms with E-state index < -0.39 is 11.6 Å². The Balaban J connectivity index is 1.89. The summed E-state index contributed by atoms with van der Waals surface area (Å²) >= 11 is 0. The summed E-state index contributed by atoms with van der Waals surface area (Å²) in [7, 11) is 1.33. The van der Waals surface area contributed by atoms with E-state index in [2.05, 4.69) is 5.32 Å². The number of benzene rings is 2. The smallest absolute Gasteiger partial charge is 0.274 e. The third-order valence-corrected chi connectivity index (χ3v) is 4.11. The van der Waals surface area contributed by atoms with E-state index in [0.717, 1.165) is 12.1 Å². The lowest BCUT2D eigenvalue weighted by Gasteiger charge is -2.27. The second-order valence-electron chi connectivity index (χ2n) is 5.64. The first-order valence-corrected chi connectivity index (χ1v) is 7.91. The molecule has 0 fully saturated rings. The van der Waals surface area contributed by atoms with Gasteiger partial charge < -0.3 is 15.0 Å². The summed E-state index contributed by atoms with van der Waals surface area (Å²) in [5.41, 5.74) is 0.970. The van der Waals surface area contributed by atoms with Crippen LogP contribution in [0.25, 0.3) is 11.1 Å². The highest BCUT2D eigenvalue weighted by molar-refractivity contribution is 6.07. The molecule has 0 spiro atoms. The fourth-order valence-electron chi connectivity index (χ4n) is 2.85. The third kappa shape index (κ3) is 3.28. The van der Waals surface area contributed by atoms with E-state index in [1.165, 1.54) is 12.0 Å². The van der Waals surface area contributed by atoms with Crippen molar-refractivity contribution in [3.05, 3.63) is 59.8 Å². The Bertz CT molecular complexity index is 856. The Morgan fingerprint density at radius 2 is 1.81 bits per heavy atom. The largest absolute Gasteiger partial charge is 0.497 e. The standard InChI is InChI=1S/C19H16F2N2O3/c1-26-14-9-15(20)18(16(21)10-14)12-4-6-13(7-5-12)23-8-2-3-17(19(23)25)22-11-24/h3-7,9-11H,2,8H2,1H3,(H,22,24). The van der Waals surface area contributed by atoms with Crippen LogP contribution in [0.15, 0.2) is 48.2 Å². The molecule has 0 radical (unpaired) electrons. The maximum absolute atomic E-state index is 14.2. The summed E-state index contributed by atoms with van der Waals surface area (Å²) in [5, 5.41) is 2.38. The molecule has 0 aromatic heterocycles. The molecule has 26 heavy (non-hydrogen) atoms. The predicted molar refractivity (Wildman–Crippen MR) is 92.6 cm³/mol. The van der Waals surface area contributed by atoms with E-state index in [9.17, 15) is 18.4 Å². The van der Waals surface area contributed by atoms with Gasteiger partial charge in [0.15, 0.2) is 0 Å². The van der Waals surface area contributed by atoms with Crippen LogP contribution in [0.5, 0.6) is 5.75 Å². The molecule has 1 heterocycles. The van der Waals surface area contributed by atoms with E-state index in [0.29, 0.717) is 30.6 Å². The van der Waals surface area contributed by atoms with Crippen molar-refractivity contribution in [1.29, 1.82) is 0 Å². The zero-order valence-electron chi connectivity index (χ0n) is 14.0. The molecule has 0 saturated carbocycles. The second-order valence-corrected chi connectivity index (χ2v) is 5.64. The molecule has 1 aliphatic heterocycles. The lowest BCUT2D eigenvalue weighted by atomic mass is 10.0. The molecule has 1 aliphatic rings. The van der Waals surface area contributed by atoms with Crippen molar-refractivity contribution in [2.24, 2.45) is 0 Å². The van der Waals surface area contributed by atoms with E-state index in [1.54, 1.807) is 30.3 Å². The molecule has 134 valence electrons. The number of amides is 2. The van der Waals surface area contributed by atoms with Gasteiger partial charge in [0.1, 0.15) is 23.1 Å². The quantitative estimate of drug-likeness (QED) is 0.836. The highest BCUT2D eigenvalue weighted by Gasteiger charge is 2.23. The summed E-state index contributed by atoms with van der Waals surface area (Å²) in [6.07, 6.45) is 2.70. The Morgan fingerprint density at radius 1 is 1.15 bits per heavy atom. The van der Waals surface area contributed by atoms with E-state index >= 15 is 0 Å². The van der Waals surface area contributed by atoms with Gasteiger partial charge >= 0.3 is 0 Å². The minimum atomic E-state index is -0.732. The lowest BCUT2D eigenvalue weighted by Crippen LogP contribution is -2.39. The molecule has 7 heteroatoms. The van der Waals surface area contributed by atoms with Crippen molar-refractivity contribution in [1.82, 2.24) is 5.32 Å². The minimum absolute atomic E-state index is 0.0984. The van der Waals surface area contributed by atoms with Gasteiger partial charge in [-0.3, -0.25) is 9.59 Å². The third-order valence-electron chi connectivity index (χ3n) is 4.11. The van der Waals surface area contributed by atoms with Gasteiger partial charge in [0.25, 0.3) is 5.91 Å². The summed E-state index contributed by atoms with van der Waals surface area (Å²) in [4.78, 5) is 24.4. The van der Waals surface area contributed by atoms with Gasteiger partial charge in [-0.15, -0.1) is 0 Å². The van der Waals surface area contributed by atoms with Crippen LogP contribution in [0.1, 0.15) is 6.42 Å². The van der Waals surface area contributed by atoms with Gasteiger partial charge in [-0.2, -0.15) is 0 Å². The van der Waals surface area contributed by atoms with Gasteiger partial charge in [-0.25, -0.2) is 8.78 Å².